The third-order valence-electron chi connectivity index (χ3n) is 4.58. The van der Waals surface area contributed by atoms with Crippen LogP contribution in [0.5, 0.6) is 5.75 Å². The summed E-state index contributed by atoms with van der Waals surface area (Å²) < 4.78 is 7.49. The van der Waals surface area contributed by atoms with Gasteiger partial charge in [-0.2, -0.15) is 0 Å². The molecule has 6 nitrogen and oxygen atoms in total. The van der Waals surface area contributed by atoms with Crippen molar-refractivity contribution in [3.8, 4) is 5.75 Å². The standard InChI is InChI=1S/C19H26N4O2/c1-14(2)25-16-7-5-15(6-8-16)17-13-23(12-11-21(17)3)19(24)18-20-9-10-22(18)4/h5-10,14,17H,11-13H2,1-4H3. The number of piperazine rings is 1. The van der Waals surface area contributed by atoms with Crippen molar-refractivity contribution in [1.82, 2.24) is 19.4 Å². The number of amides is 1. The van der Waals surface area contributed by atoms with Crippen molar-refractivity contribution in [1.29, 1.82) is 0 Å². The van der Waals surface area contributed by atoms with Crippen molar-refractivity contribution >= 4 is 5.91 Å². The van der Waals surface area contributed by atoms with E-state index in [1.165, 1.54) is 5.56 Å². The van der Waals surface area contributed by atoms with Gasteiger partial charge in [0.2, 0.25) is 0 Å². The molecule has 134 valence electrons. The van der Waals surface area contributed by atoms with Gasteiger partial charge in [0, 0.05) is 39.1 Å². The van der Waals surface area contributed by atoms with E-state index >= 15 is 0 Å². The van der Waals surface area contributed by atoms with Gasteiger partial charge in [-0.05, 0) is 38.6 Å². The summed E-state index contributed by atoms with van der Waals surface area (Å²) in [6.45, 7) is 6.25. The first kappa shape index (κ1) is 17.5. The van der Waals surface area contributed by atoms with Gasteiger partial charge < -0.3 is 14.2 Å². The second-order valence-corrected chi connectivity index (χ2v) is 6.84. The van der Waals surface area contributed by atoms with Gasteiger partial charge in [0.15, 0.2) is 5.82 Å². The lowest BCUT2D eigenvalue weighted by atomic mass is 10.0. The third-order valence-corrected chi connectivity index (χ3v) is 4.58. The third kappa shape index (κ3) is 3.85. The smallest absolute Gasteiger partial charge is 0.289 e. The Labute approximate surface area is 149 Å². The summed E-state index contributed by atoms with van der Waals surface area (Å²) in [7, 11) is 3.95. The van der Waals surface area contributed by atoms with Crippen LogP contribution in [-0.2, 0) is 7.05 Å². The van der Waals surface area contributed by atoms with Crippen LogP contribution in [0.25, 0.3) is 0 Å². The highest BCUT2D eigenvalue weighted by atomic mass is 16.5. The van der Waals surface area contributed by atoms with Crippen LogP contribution < -0.4 is 4.74 Å². The average molecular weight is 342 g/mol. The van der Waals surface area contributed by atoms with Gasteiger partial charge in [0.25, 0.3) is 5.91 Å². The van der Waals surface area contributed by atoms with E-state index in [0.717, 1.165) is 12.3 Å². The summed E-state index contributed by atoms with van der Waals surface area (Å²) in [6.07, 6.45) is 3.62. The first-order valence-corrected chi connectivity index (χ1v) is 8.69. The summed E-state index contributed by atoms with van der Waals surface area (Å²) in [6, 6.07) is 8.36. The van der Waals surface area contributed by atoms with Crippen LogP contribution >= 0.6 is 0 Å². The number of likely N-dealkylation sites (N-methyl/N-ethyl adjacent to an activating group) is 1. The lowest BCUT2D eigenvalue weighted by Crippen LogP contribution is -2.49. The zero-order valence-corrected chi connectivity index (χ0v) is 15.3. The molecule has 1 saturated heterocycles. The van der Waals surface area contributed by atoms with Crippen LogP contribution in [0.1, 0.15) is 36.1 Å². The number of nitrogens with zero attached hydrogens (tertiary/aromatic N) is 4. The molecule has 1 atom stereocenters. The maximum Gasteiger partial charge on any atom is 0.289 e. The maximum atomic E-state index is 12.7. The summed E-state index contributed by atoms with van der Waals surface area (Å²) in [5, 5.41) is 0. The minimum Gasteiger partial charge on any atom is -0.491 e. The second-order valence-electron chi connectivity index (χ2n) is 6.84. The second kappa shape index (κ2) is 7.27. The molecule has 1 unspecified atom stereocenters. The van der Waals surface area contributed by atoms with E-state index in [0.29, 0.717) is 18.9 Å². The molecule has 0 saturated carbocycles. The fraction of sp³-hybridized carbons (Fsp3) is 0.474. The summed E-state index contributed by atoms with van der Waals surface area (Å²) in [5.41, 5.74) is 1.19. The van der Waals surface area contributed by atoms with E-state index < -0.39 is 0 Å². The van der Waals surface area contributed by atoms with Gasteiger partial charge in [-0.1, -0.05) is 12.1 Å². The summed E-state index contributed by atoms with van der Waals surface area (Å²) in [5.74, 6) is 1.35. The van der Waals surface area contributed by atoms with E-state index in [2.05, 4.69) is 29.1 Å². The fourth-order valence-electron chi connectivity index (χ4n) is 3.17. The van der Waals surface area contributed by atoms with E-state index in [1.807, 2.05) is 37.9 Å². The minimum absolute atomic E-state index is 0.00892. The van der Waals surface area contributed by atoms with Crippen LogP contribution in [0.3, 0.4) is 0 Å². The van der Waals surface area contributed by atoms with Crippen molar-refractivity contribution in [3.05, 3.63) is 48.0 Å². The Balaban J connectivity index is 1.74. The number of ether oxygens (including phenoxy) is 1. The SMILES string of the molecule is CC(C)Oc1ccc(C2CN(C(=O)c3nccn3C)CCN2C)cc1. The minimum atomic E-state index is -0.00892. The molecule has 1 aliphatic heterocycles. The van der Waals surface area contributed by atoms with Crippen LogP contribution in [-0.4, -0.2) is 58.0 Å². The molecule has 1 amide bonds. The maximum absolute atomic E-state index is 12.7. The normalized spacial score (nSPS) is 18.6. The highest BCUT2D eigenvalue weighted by Crippen LogP contribution is 2.26. The molecule has 1 aliphatic rings. The first-order valence-electron chi connectivity index (χ1n) is 8.69. The Hall–Kier alpha value is -2.34. The Kier molecular flexibility index (Phi) is 5.08. The van der Waals surface area contributed by atoms with Gasteiger partial charge in [-0.25, -0.2) is 4.98 Å². The Morgan fingerprint density at radius 3 is 2.52 bits per heavy atom. The Morgan fingerprint density at radius 2 is 1.92 bits per heavy atom. The van der Waals surface area contributed by atoms with Crippen molar-refractivity contribution < 1.29 is 9.53 Å². The summed E-state index contributed by atoms with van der Waals surface area (Å²) >= 11 is 0. The number of hydrogen-bond acceptors (Lipinski definition) is 4. The largest absolute Gasteiger partial charge is 0.491 e. The van der Waals surface area contributed by atoms with Crippen LogP contribution in [0.2, 0.25) is 0 Å². The lowest BCUT2D eigenvalue weighted by molar-refractivity contribution is 0.0531. The van der Waals surface area contributed by atoms with Crippen molar-refractivity contribution in [3.63, 3.8) is 0 Å². The number of benzene rings is 1. The number of carbonyl (C=O) groups is 1. The van der Waals surface area contributed by atoms with Crippen molar-refractivity contribution in [2.75, 3.05) is 26.7 Å². The van der Waals surface area contributed by atoms with Crippen LogP contribution in [0.4, 0.5) is 0 Å². The molecule has 3 rings (SSSR count). The van der Waals surface area contributed by atoms with E-state index in [9.17, 15) is 4.79 Å². The highest BCUT2D eigenvalue weighted by Gasteiger charge is 2.30. The predicted molar refractivity (Wildman–Crippen MR) is 96.7 cm³/mol. The molecule has 0 N–H and O–H groups in total. The molecular weight excluding hydrogens is 316 g/mol. The Morgan fingerprint density at radius 1 is 1.20 bits per heavy atom. The van der Waals surface area contributed by atoms with E-state index in [-0.39, 0.29) is 18.1 Å². The van der Waals surface area contributed by atoms with Gasteiger partial charge in [0.1, 0.15) is 5.75 Å². The average Bonchev–Trinajstić information content (AvgIpc) is 3.01. The monoisotopic (exact) mass is 342 g/mol. The van der Waals surface area contributed by atoms with E-state index in [4.69, 9.17) is 4.74 Å². The number of aryl methyl sites for hydroxylation is 1. The topological polar surface area (TPSA) is 50.6 Å². The number of rotatable bonds is 4. The molecule has 0 aliphatic carbocycles. The predicted octanol–water partition coefficient (Wildman–Crippen LogP) is 2.34. The first-order chi connectivity index (χ1) is 12.0. The Bertz CT molecular complexity index is 723. The van der Waals surface area contributed by atoms with Gasteiger partial charge in [0.05, 0.1) is 12.1 Å². The fourth-order valence-corrected chi connectivity index (χ4v) is 3.17. The molecule has 2 heterocycles. The van der Waals surface area contributed by atoms with Gasteiger partial charge in [-0.15, -0.1) is 0 Å². The molecule has 0 spiro atoms. The molecule has 1 aromatic heterocycles. The number of carbonyl (C=O) groups excluding carboxylic acids is 1. The molecule has 1 fully saturated rings. The van der Waals surface area contributed by atoms with Crippen LogP contribution in [0.15, 0.2) is 36.7 Å². The van der Waals surface area contributed by atoms with Gasteiger partial charge in [-0.3, -0.25) is 9.69 Å². The molecule has 6 heteroatoms. The van der Waals surface area contributed by atoms with E-state index in [1.54, 1.807) is 17.0 Å². The molecule has 0 bridgehead atoms. The molecule has 25 heavy (non-hydrogen) atoms. The number of aromatic nitrogens is 2. The number of hydrogen-bond donors (Lipinski definition) is 0. The van der Waals surface area contributed by atoms with Crippen molar-refractivity contribution in [2.45, 2.75) is 26.0 Å². The highest BCUT2D eigenvalue weighted by molar-refractivity contribution is 5.91. The molecule has 2 aromatic rings. The summed E-state index contributed by atoms with van der Waals surface area (Å²) in [4.78, 5) is 21.1. The van der Waals surface area contributed by atoms with Gasteiger partial charge >= 0.3 is 0 Å². The molecule has 0 radical (unpaired) electrons. The number of imidazole rings is 1. The quantitative estimate of drug-likeness (QED) is 0.856. The lowest BCUT2D eigenvalue weighted by Gasteiger charge is -2.39. The molecular formula is C19H26N4O2. The zero-order valence-electron chi connectivity index (χ0n) is 15.3. The van der Waals surface area contributed by atoms with Crippen molar-refractivity contribution in [2.24, 2.45) is 7.05 Å². The zero-order chi connectivity index (χ0) is 18.0. The van der Waals surface area contributed by atoms with Crippen LogP contribution in [0, 0.1) is 0 Å². The molecule has 1 aromatic carbocycles.